The molecule has 0 radical (unpaired) electrons. The number of imidazole rings is 1. The van der Waals surface area contributed by atoms with Crippen LogP contribution >= 0.6 is 0 Å². The summed E-state index contributed by atoms with van der Waals surface area (Å²) in [7, 11) is 0. The van der Waals surface area contributed by atoms with Gasteiger partial charge in [-0.15, -0.1) is 0 Å². The molecule has 2 aliphatic heterocycles. The van der Waals surface area contributed by atoms with Gasteiger partial charge in [0.2, 0.25) is 0 Å². The molecular formula is C63H71BN3+. The Morgan fingerprint density at radius 3 is 1.55 bits per heavy atom. The molecule has 0 fully saturated rings. The summed E-state index contributed by atoms with van der Waals surface area (Å²) in [6.45, 7) is 34.2. The van der Waals surface area contributed by atoms with Crippen LogP contribution < -0.4 is 20.3 Å². The third kappa shape index (κ3) is 5.99. The van der Waals surface area contributed by atoms with Gasteiger partial charge >= 0.3 is 6.85 Å². The van der Waals surface area contributed by atoms with Crippen molar-refractivity contribution >= 4 is 45.9 Å². The second-order valence-corrected chi connectivity index (χ2v) is 25.7. The summed E-state index contributed by atoms with van der Waals surface area (Å²) in [5, 5.41) is 0. The second kappa shape index (κ2) is 13.7. The second-order valence-electron chi connectivity index (χ2n) is 25.7. The van der Waals surface area contributed by atoms with E-state index in [-0.39, 0.29) is 39.3 Å². The lowest BCUT2D eigenvalue weighted by molar-refractivity contribution is -0.490. The average molecular weight is 881 g/mol. The van der Waals surface area contributed by atoms with Gasteiger partial charge in [-0.05, 0) is 190 Å². The standard InChI is InChI=1S/C63H71BN3/c1-38-32-44-43-20-17-21-52-56(43)67(57(42-19-16-15-18-39(42)2)66(52)41-23-25-46-48(35-41)61(9,10)29-27-59(46,5)6)64-51-36-49-50(63(13,14)31-30-62(49,11)12)37-53(51)65(54(33-38)55(44)64)40-22-24-45-47(34-40)60(7,8)28-26-58(45,3)4/h15-25,32-37H,26-31H2,1-14H3/q+1. The van der Waals surface area contributed by atoms with E-state index in [2.05, 4.69) is 214 Å². The molecule has 0 saturated heterocycles. The normalized spacial score (nSPS) is 20.4. The molecule has 0 unspecified atom stereocenters. The van der Waals surface area contributed by atoms with Crippen LogP contribution in [0.15, 0.2) is 103 Å². The number of hydrogen-bond donors (Lipinski definition) is 0. The molecule has 0 bridgehead atoms. The lowest BCUT2D eigenvalue weighted by Gasteiger charge is -2.46. The minimum atomic E-state index is -0.0581. The summed E-state index contributed by atoms with van der Waals surface area (Å²) in [6.07, 6.45) is 7.13. The Bertz CT molecular complexity index is 3290. The highest BCUT2D eigenvalue weighted by Gasteiger charge is 2.52. The van der Waals surface area contributed by atoms with E-state index in [4.69, 9.17) is 0 Å². The molecule has 3 aliphatic carbocycles. The van der Waals surface area contributed by atoms with Gasteiger partial charge < -0.3 is 4.90 Å². The predicted octanol–water partition coefficient (Wildman–Crippen LogP) is 14.7. The number of rotatable bonds is 3. The molecule has 67 heavy (non-hydrogen) atoms. The molecule has 3 heterocycles. The Morgan fingerprint density at radius 1 is 0.448 bits per heavy atom. The van der Waals surface area contributed by atoms with E-state index in [1.807, 2.05) is 0 Å². The van der Waals surface area contributed by atoms with Crippen LogP contribution in [0.1, 0.15) is 166 Å². The van der Waals surface area contributed by atoms with Gasteiger partial charge in [0.15, 0.2) is 11.0 Å². The molecule has 12 rings (SSSR count). The minimum Gasteiger partial charge on any atom is -0.311 e. The van der Waals surface area contributed by atoms with Crippen molar-refractivity contribution in [3.05, 3.63) is 148 Å². The number of benzene rings is 6. The largest absolute Gasteiger partial charge is 0.452 e. The average Bonchev–Trinajstić information content (AvgIpc) is 3.62. The Balaban J connectivity index is 1.23. The quantitative estimate of drug-likeness (QED) is 0.161. The van der Waals surface area contributed by atoms with Crippen molar-refractivity contribution in [3.63, 3.8) is 0 Å². The first-order chi connectivity index (χ1) is 31.5. The van der Waals surface area contributed by atoms with E-state index in [9.17, 15) is 0 Å². The van der Waals surface area contributed by atoms with Crippen molar-refractivity contribution in [2.75, 3.05) is 4.90 Å². The van der Waals surface area contributed by atoms with Crippen molar-refractivity contribution in [2.45, 2.75) is 168 Å². The van der Waals surface area contributed by atoms with E-state index in [0.717, 1.165) is 0 Å². The van der Waals surface area contributed by atoms with E-state index in [0.29, 0.717) is 0 Å². The van der Waals surface area contributed by atoms with Gasteiger partial charge in [0, 0.05) is 33.6 Å². The number of aryl methyl sites for hydroxylation is 2. The van der Waals surface area contributed by atoms with E-state index >= 15 is 0 Å². The van der Waals surface area contributed by atoms with E-state index < -0.39 is 0 Å². The number of aromatic nitrogens is 2. The van der Waals surface area contributed by atoms with Crippen LogP contribution in [0.5, 0.6) is 0 Å². The lowest BCUT2D eigenvalue weighted by atomic mass is 9.44. The van der Waals surface area contributed by atoms with Gasteiger partial charge in [-0.25, -0.2) is 0 Å². The van der Waals surface area contributed by atoms with Crippen LogP contribution in [0, 0.1) is 13.8 Å². The smallest absolute Gasteiger partial charge is 0.311 e. The molecule has 0 amide bonds. The molecule has 7 aromatic rings. The molecule has 0 atom stereocenters. The molecule has 1 aromatic heterocycles. The Hall–Kier alpha value is -5.35. The van der Waals surface area contributed by atoms with E-state index in [1.54, 1.807) is 0 Å². The highest BCUT2D eigenvalue weighted by atomic mass is 15.2. The molecule has 3 nitrogen and oxygen atoms in total. The summed E-state index contributed by atoms with van der Waals surface area (Å²) in [5.41, 5.74) is 26.7. The van der Waals surface area contributed by atoms with Gasteiger partial charge in [-0.1, -0.05) is 132 Å². The minimum absolute atomic E-state index is 0.0452. The number of anilines is 3. The SMILES string of the molecule is Cc1cc2c3c(c1)N(c1ccc4c(c1)C(C)(C)CCC4(C)C)c1cc4c(cc1B3[n+]1c(-c3ccccc3C)n(-c3ccc5c(c3)C(C)(C)CCC5(C)C)c3cccc-2c31)C(C)(C)CCC4(C)C. The van der Waals surface area contributed by atoms with Gasteiger partial charge in [0.05, 0.1) is 5.56 Å². The molecular weight excluding hydrogens is 810 g/mol. The fourth-order valence-electron chi connectivity index (χ4n) is 13.9. The summed E-state index contributed by atoms with van der Waals surface area (Å²) in [5.74, 6) is 1.25. The van der Waals surface area contributed by atoms with Crippen molar-refractivity contribution in [3.8, 4) is 28.2 Å². The number of fused-ring (bicyclic) bond motifs is 7. The molecule has 0 saturated carbocycles. The van der Waals surface area contributed by atoms with Crippen molar-refractivity contribution in [1.82, 2.24) is 4.57 Å². The number of para-hydroxylation sites is 1. The maximum atomic E-state index is 2.81. The Kier molecular flexibility index (Phi) is 8.77. The lowest BCUT2D eigenvalue weighted by Crippen LogP contribution is -2.71. The van der Waals surface area contributed by atoms with Crippen LogP contribution in [0.4, 0.5) is 17.1 Å². The molecule has 6 aromatic carbocycles. The third-order valence-electron chi connectivity index (χ3n) is 18.4. The molecule has 340 valence electrons. The highest BCUT2D eigenvalue weighted by Crippen LogP contribution is 2.53. The van der Waals surface area contributed by atoms with Gasteiger partial charge in [0.1, 0.15) is 5.69 Å². The summed E-state index contributed by atoms with van der Waals surface area (Å²) >= 11 is 0. The predicted molar refractivity (Wildman–Crippen MR) is 285 cm³/mol. The zero-order valence-corrected chi connectivity index (χ0v) is 43.0. The van der Waals surface area contributed by atoms with Crippen LogP contribution in [0.25, 0.3) is 39.2 Å². The monoisotopic (exact) mass is 881 g/mol. The summed E-state index contributed by atoms with van der Waals surface area (Å²) < 4.78 is 5.47. The van der Waals surface area contributed by atoms with Crippen LogP contribution in [0.2, 0.25) is 0 Å². The molecule has 0 spiro atoms. The first kappa shape index (κ1) is 43.0. The third-order valence-corrected chi connectivity index (χ3v) is 18.4. The first-order valence-electron chi connectivity index (χ1n) is 25.6. The summed E-state index contributed by atoms with van der Waals surface area (Å²) in [6, 6.07) is 41.7. The van der Waals surface area contributed by atoms with Crippen LogP contribution in [-0.4, -0.2) is 11.4 Å². The fraction of sp³-hybridized carbons (Fsp3) is 0.413. The topological polar surface area (TPSA) is 12.1 Å². The van der Waals surface area contributed by atoms with Gasteiger partial charge in [-0.3, -0.25) is 4.48 Å². The van der Waals surface area contributed by atoms with E-state index in [1.165, 1.54) is 150 Å². The molecule has 5 aliphatic rings. The molecule has 0 N–H and O–H groups in total. The Labute approximate surface area is 401 Å². The zero-order valence-electron chi connectivity index (χ0n) is 43.0. The maximum absolute atomic E-state index is 2.81. The van der Waals surface area contributed by atoms with Crippen molar-refractivity contribution in [2.24, 2.45) is 0 Å². The molecule has 4 heteroatoms. The van der Waals surface area contributed by atoms with Gasteiger partial charge in [0.25, 0.3) is 5.82 Å². The first-order valence-corrected chi connectivity index (χ1v) is 25.6. The number of nitrogens with zero attached hydrogens (tertiary/aromatic N) is 3. The fourth-order valence-corrected chi connectivity index (χ4v) is 13.9. The Morgan fingerprint density at radius 2 is 0.955 bits per heavy atom. The van der Waals surface area contributed by atoms with Crippen LogP contribution in [0.3, 0.4) is 0 Å². The highest BCUT2D eigenvalue weighted by molar-refractivity contribution is 6.84. The number of hydrogen-bond acceptors (Lipinski definition) is 1. The van der Waals surface area contributed by atoms with Crippen molar-refractivity contribution < 1.29 is 4.48 Å². The van der Waals surface area contributed by atoms with Crippen molar-refractivity contribution in [1.29, 1.82) is 0 Å². The van der Waals surface area contributed by atoms with Gasteiger partial charge in [-0.2, -0.15) is 4.57 Å². The summed E-state index contributed by atoms with van der Waals surface area (Å²) in [4.78, 5) is 2.71. The van der Waals surface area contributed by atoms with Crippen LogP contribution in [-0.2, 0) is 32.5 Å². The maximum Gasteiger partial charge on any atom is 0.452 e. The zero-order chi connectivity index (χ0) is 47.1.